The number of rotatable bonds is 4. The molecule has 0 spiro atoms. The van der Waals surface area contributed by atoms with Gasteiger partial charge in [0.1, 0.15) is 12.5 Å². The van der Waals surface area contributed by atoms with E-state index in [2.05, 4.69) is 33.6 Å². The van der Waals surface area contributed by atoms with Crippen LogP contribution in [-0.2, 0) is 25.7 Å². The zero-order valence-electron chi connectivity index (χ0n) is 12.1. The van der Waals surface area contributed by atoms with Crippen molar-refractivity contribution in [3.8, 4) is 0 Å². The van der Waals surface area contributed by atoms with Crippen LogP contribution in [0.15, 0.2) is 16.2 Å². The number of anilines is 1. The molecule has 0 atom stereocenters. The Morgan fingerprint density at radius 1 is 1.15 bits per heavy atom. The summed E-state index contributed by atoms with van der Waals surface area (Å²) in [6, 6.07) is 2.45. The lowest BCUT2D eigenvalue weighted by Crippen LogP contribution is -2.15. The third kappa shape index (κ3) is 2.42. The first kappa shape index (κ1) is 13.2. The maximum Gasteiger partial charge on any atom is 0.116 e. The van der Waals surface area contributed by atoms with Gasteiger partial charge >= 0.3 is 0 Å². The molecule has 0 saturated carbocycles. The van der Waals surface area contributed by atoms with Gasteiger partial charge in [0.2, 0.25) is 0 Å². The predicted molar refractivity (Wildman–Crippen MR) is 84.8 cm³/mol. The molecule has 0 aromatic heterocycles. The van der Waals surface area contributed by atoms with E-state index in [4.69, 9.17) is 0 Å². The first-order valence-electron chi connectivity index (χ1n) is 7.42. The first-order valence-corrected chi connectivity index (χ1v) is 7.42. The minimum absolute atomic E-state index is 0.594. The minimum Gasteiger partial charge on any atom is -0.366 e. The second kappa shape index (κ2) is 5.65. The van der Waals surface area contributed by atoms with E-state index in [0.29, 0.717) is 6.67 Å². The SMILES string of the molecule is C=NN/C(C)=N\CNc1c2c(cc3c1CCC3)CCC2. The molecule has 0 amide bonds. The van der Waals surface area contributed by atoms with Gasteiger partial charge in [0.25, 0.3) is 0 Å². The summed E-state index contributed by atoms with van der Waals surface area (Å²) in [5, 5.41) is 7.16. The summed E-state index contributed by atoms with van der Waals surface area (Å²) in [5.41, 5.74) is 10.3. The second-order valence-electron chi connectivity index (χ2n) is 5.58. The van der Waals surface area contributed by atoms with E-state index < -0.39 is 0 Å². The molecule has 4 nitrogen and oxygen atoms in total. The summed E-state index contributed by atoms with van der Waals surface area (Å²) in [5.74, 6) is 0.789. The maximum atomic E-state index is 4.42. The number of amidine groups is 1. The third-order valence-electron chi connectivity index (χ3n) is 4.29. The van der Waals surface area contributed by atoms with Gasteiger partial charge < -0.3 is 5.32 Å². The van der Waals surface area contributed by atoms with Crippen molar-refractivity contribution in [1.82, 2.24) is 5.43 Å². The van der Waals surface area contributed by atoms with Crippen LogP contribution in [0.1, 0.15) is 42.0 Å². The summed E-state index contributed by atoms with van der Waals surface area (Å²) in [6.07, 6.45) is 7.47. The summed E-state index contributed by atoms with van der Waals surface area (Å²) in [7, 11) is 0. The van der Waals surface area contributed by atoms with Gasteiger partial charge in [-0.3, -0.25) is 10.4 Å². The van der Waals surface area contributed by atoms with Crippen LogP contribution in [0.25, 0.3) is 0 Å². The van der Waals surface area contributed by atoms with E-state index in [1.807, 2.05) is 6.92 Å². The molecule has 0 fully saturated rings. The molecule has 20 heavy (non-hydrogen) atoms. The lowest BCUT2D eigenvalue weighted by Gasteiger charge is -2.16. The fourth-order valence-corrected chi connectivity index (χ4v) is 3.42. The summed E-state index contributed by atoms with van der Waals surface area (Å²) in [4.78, 5) is 4.42. The highest BCUT2D eigenvalue weighted by molar-refractivity contribution is 5.79. The molecule has 2 aliphatic carbocycles. The smallest absolute Gasteiger partial charge is 0.116 e. The van der Waals surface area contributed by atoms with Gasteiger partial charge in [0.15, 0.2) is 0 Å². The van der Waals surface area contributed by atoms with Gasteiger partial charge in [-0.05, 0) is 67.7 Å². The van der Waals surface area contributed by atoms with E-state index >= 15 is 0 Å². The lowest BCUT2D eigenvalue weighted by atomic mass is 9.99. The standard InChI is InChI=1S/C16H22N4/c1-11(20-17-2)18-10-19-16-14-7-3-5-12(14)9-13-6-4-8-15(13)16/h9,19H,2-8,10H2,1H3,(H,18,20). The van der Waals surface area contributed by atoms with Gasteiger partial charge in [-0.2, -0.15) is 5.10 Å². The Labute approximate surface area is 120 Å². The van der Waals surface area contributed by atoms with Crippen molar-refractivity contribution in [2.24, 2.45) is 10.1 Å². The Morgan fingerprint density at radius 2 is 1.80 bits per heavy atom. The third-order valence-corrected chi connectivity index (χ3v) is 4.29. The zero-order chi connectivity index (χ0) is 13.9. The van der Waals surface area contributed by atoms with Crippen LogP contribution < -0.4 is 10.7 Å². The quantitative estimate of drug-likeness (QED) is 0.502. The Hall–Kier alpha value is -1.84. The van der Waals surface area contributed by atoms with Crippen LogP contribution in [0, 0.1) is 0 Å². The van der Waals surface area contributed by atoms with Gasteiger partial charge in [-0.1, -0.05) is 6.07 Å². The van der Waals surface area contributed by atoms with E-state index in [-0.39, 0.29) is 0 Å². The molecule has 0 bridgehead atoms. The van der Waals surface area contributed by atoms with Crippen molar-refractivity contribution in [1.29, 1.82) is 0 Å². The summed E-state index contributed by atoms with van der Waals surface area (Å²) < 4.78 is 0. The lowest BCUT2D eigenvalue weighted by molar-refractivity contribution is 0.896. The molecule has 1 aromatic carbocycles. The highest BCUT2D eigenvalue weighted by Gasteiger charge is 2.23. The molecular weight excluding hydrogens is 248 g/mol. The number of hydrogen-bond acceptors (Lipinski definition) is 3. The highest BCUT2D eigenvalue weighted by Crippen LogP contribution is 2.38. The van der Waals surface area contributed by atoms with Crippen LogP contribution in [0.4, 0.5) is 5.69 Å². The van der Waals surface area contributed by atoms with E-state index in [1.165, 1.54) is 55.3 Å². The van der Waals surface area contributed by atoms with Crippen LogP contribution >= 0.6 is 0 Å². The van der Waals surface area contributed by atoms with Crippen molar-refractivity contribution < 1.29 is 0 Å². The van der Waals surface area contributed by atoms with Crippen LogP contribution in [0.5, 0.6) is 0 Å². The molecule has 1 aromatic rings. The van der Waals surface area contributed by atoms with Crippen LogP contribution in [-0.4, -0.2) is 19.2 Å². The second-order valence-corrected chi connectivity index (χ2v) is 5.58. The average molecular weight is 270 g/mol. The summed E-state index contributed by atoms with van der Waals surface area (Å²) >= 11 is 0. The van der Waals surface area contributed by atoms with Crippen molar-refractivity contribution in [3.63, 3.8) is 0 Å². The average Bonchev–Trinajstić information content (AvgIpc) is 3.06. The Bertz CT molecular complexity index is 528. The Balaban J connectivity index is 1.82. The molecule has 2 aliphatic rings. The predicted octanol–water partition coefficient (Wildman–Crippen LogP) is 2.66. The van der Waals surface area contributed by atoms with Gasteiger partial charge in [0.05, 0.1) is 0 Å². The van der Waals surface area contributed by atoms with E-state index in [9.17, 15) is 0 Å². The maximum absolute atomic E-state index is 4.42. The normalized spacial score (nSPS) is 16.8. The molecule has 0 heterocycles. The van der Waals surface area contributed by atoms with Crippen LogP contribution in [0.3, 0.4) is 0 Å². The number of hydrogen-bond donors (Lipinski definition) is 2. The highest BCUT2D eigenvalue weighted by atomic mass is 15.3. The summed E-state index contributed by atoms with van der Waals surface area (Å²) in [6.45, 7) is 5.89. The number of hydrazone groups is 1. The number of aliphatic imine (C=N–C) groups is 1. The van der Waals surface area contributed by atoms with Gasteiger partial charge in [-0.25, -0.2) is 0 Å². The number of nitrogens with one attached hydrogen (secondary N) is 2. The van der Waals surface area contributed by atoms with E-state index in [1.54, 1.807) is 11.1 Å². The number of nitrogens with zero attached hydrogens (tertiary/aromatic N) is 2. The fraction of sp³-hybridized carbons (Fsp3) is 0.500. The van der Waals surface area contributed by atoms with Crippen LogP contribution in [0.2, 0.25) is 0 Å². The Morgan fingerprint density at radius 3 is 2.40 bits per heavy atom. The van der Waals surface area contributed by atoms with Gasteiger partial charge in [-0.15, -0.1) is 0 Å². The molecule has 0 unspecified atom stereocenters. The molecule has 106 valence electrons. The van der Waals surface area contributed by atoms with Crippen molar-refractivity contribution in [3.05, 3.63) is 28.3 Å². The minimum atomic E-state index is 0.594. The van der Waals surface area contributed by atoms with Crippen molar-refractivity contribution in [2.75, 3.05) is 12.0 Å². The largest absolute Gasteiger partial charge is 0.366 e. The number of benzene rings is 1. The van der Waals surface area contributed by atoms with E-state index in [0.717, 1.165) is 5.84 Å². The number of fused-ring (bicyclic) bond motifs is 2. The van der Waals surface area contributed by atoms with Crippen molar-refractivity contribution in [2.45, 2.75) is 45.4 Å². The fourth-order valence-electron chi connectivity index (χ4n) is 3.42. The zero-order valence-corrected chi connectivity index (χ0v) is 12.1. The molecule has 0 aliphatic heterocycles. The molecule has 3 rings (SSSR count). The topological polar surface area (TPSA) is 48.8 Å². The Kier molecular flexibility index (Phi) is 3.72. The molecule has 0 saturated heterocycles. The molecular formula is C16H22N4. The monoisotopic (exact) mass is 270 g/mol. The number of aryl methyl sites for hydroxylation is 2. The van der Waals surface area contributed by atoms with Crippen molar-refractivity contribution >= 4 is 18.2 Å². The molecule has 0 radical (unpaired) electrons. The van der Waals surface area contributed by atoms with Gasteiger partial charge in [0, 0.05) is 12.4 Å². The molecule has 4 heteroatoms. The molecule has 2 N–H and O–H groups in total. The first-order chi connectivity index (χ1) is 9.79.